The van der Waals surface area contributed by atoms with E-state index in [4.69, 9.17) is 9.84 Å². The van der Waals surface area contributed by atoms with Crippen molar-refractivity contribution in [3.05, 3.63) is 35.9 Å². The number of hydrogen-bond acceptors (Lipinski definition) is 4. The number of carbonyl (C=O) groups is 2. The highest BCUT2D eigenvalue weighted by Gasteiger charge is 2.21. The minimum Gasteiger partial charge on any atom is -0.480 e. The first-order chi connectivity index (χ1) is 8.63. The first kappa shape index (κ1) is 14.2. The Kier molecular flexibility index (Phi) is 5.87. The molecule has 1 rings (SSSR count). The van der Waals surface area contributed by atoms with Crippen LogP contribution in [0.1, 0.15) is 18.9 Å². The first-order valence-corrected chi connectivity index (χ1v) is 5.79. The Bertz CT molecular complexity index is 391. The molecule has 1 aromatic rings. The summed E-state index contributed by atoms with van der Waals surface area (Å²) < 4.78 is 4.73. The van der Waals surface area contributed by atoms with Crippen LogP contribution < -0.4 is 5.32 Å². The van der Waals surface area contributed by atoms with Gasteiger partial charge in [-0.1, -0.05) is 30.3 Å². The third kappa shape index (κ3) is 4.97. The summed E-state index contributed by atoms with van der Waals surface area (Å²) in [4.78, 5) is 22.2. The number of ether oxygens (including phenoxy) is 1. The predicted molar refractivity (Wildman–Crippen MR) is 66.0 cm³/mol. The lowest BCUT2D eigenvalue weighted by atomic mass is 10.1. The molecule has 98 valence electrons. The summed E-state index contributed by atoms with van der Waals surface area (Å²) in [5.41, 5.74) is 0.965. The molecule has 0 amide bonds. The zero-order chi connectivity index (χ0) is 13.4. The van der Waals surface area contributed by atoms with Crippen LogP contribution in [0.15, 0.2) is 30.3 Å². The van der Waals surface area contributed by atoms with E-state index in [-0.39, 0.29) is 13.0 Å². The topological polar surface area (TPSA) is 75.6 Å². The summed E-state index contributed by atoms with van der Waals surface area (Å²) in [5.74, 6) is -1.57. The molecular weight excluding hydrogens is 234 g/mol. The van der Waals surface area contributed by atoms with Crippen LogP contribution in [0.25, 0.3) is 0 Å². The molecule has 0 aliphatic rings. The summed E-state index contributed by atoms with van der Waals surface area (Å²) in [6, 6.07) is 8.48. The van der Waals surface area contributed by atoms with Gasteiger partial charge < -0.3 is 9.84 Å². The number of esters is 1. The molecule has 1 atom stereocenters. The number of benzene rings is 1. The van der Waals surface area contributed by atoms with E-state index in [0.717, 1.165) is 5.56 Å². The van der Waals surface area contributed by atoms with E-state index in [1.54, 1.807) is 6.92 Å². The number of hydrogen-bond donors (Lipinski definition) is 2. The number of rotatable bonds is 7. The molecule has 0 fully saturated rings. The van der Waals surface area contributed by atoms with E-state index in [1.165, 1.54) is 0 Å². The Morgan fingerprint density at radius 2 is 2.00 bits per heavy atom. The predicted octanol–water partition coefficient (Wildman–Crippen LogP) is 1.18. The van der Waals surface area contributed by atoms with E-state index in [9.17, 15) is 9.59 Å². The molecule has 0 aliphatic carbocycles. The van der Waals surface area contributed by atoms with Crippen LogP contribution in [0.3, 0.4) is 0 Å². The highest BCUT2D eigenvalue weighted by molar-refractivity contribution is 5.81. The molecule has 0 aliphatic heterocycles. The summed E-state index contributed by atoms with van der Waals surface area (Å²) in [6.45, 7) is 2.34. The number of carboxylic acids is 1. The normalized spacial score (nSPS) is 11.8. The highest BCUT2D eigenvalue weighted by Crippen LogP contribution is 2.01. The van der Waals surface area contributed by atoms with Crippen molar-refractivity contribution in [2.45, 2.75) is 25.9 Å². The summed E-state index contributed by atoms with van der Waals surface area (Å²) in [6.07, 6.45) is -0.171. The third-order valence-corrected chi connectivity index (χ3v) is 2.37. The van der Waals surface area contributed by atoms with Gasteiger partial charge in [0, 0.05) is 6.54 Å². The van der Waals surface area contributed by atoms with Crippen LogP contribution in [0.5, 0.6) is 0 Å². The van der Waals surface area contributed by atoms with Gasteiger partial charge in [-0.05, 0) is 12.5 Å². The lowest BCUT2D eigenvalue weighted by Gasteiger charge is -2.13. The molecule has 5 nitrogen and oxygen atoms in total. The zero-order valence-corrected chi connectivity index (χ0v) is 10.3. The van der Waals surface area contributed by atoms with E-state index in [0.29, 0.717) is 6.54 Å². The van der Waals surface area contributed by atoms with Gasteiger partial charge in [0.25, 0.3) is 0 Å². The fourth-order valence-electron chi connectivity index (χ4n) is 1.47. The molecule has 0 radical (unpaired) electrons. The van der Waals surface area contributed by atoms with Gasteiger partial charge >= 0.3 is 11.9 Å². The van der Waals surface area contributed by atoms with Crippen molar-refractivity contribution in [1.82, 2.24) is 5.32 Å². The van der Waals surface area contributed by atoms with Gasteiger partial charge in [0.05, 0.1) is 13.0 Å². The largest absolute Gasteiger partial charge is 0.480 e. The number of carbonyl (C=O) groups excluding carboxylic acids is 1. The van der Waals surface area contributed by atoms with Crippen molar-refractivity contribution in [1.29, 1.82) is 0 Å². The molecule has 2 N–H and O–H groups in total. The summed E-state index contributed by atoms with van der Waals surface area (Å²) >= 11 is 0. The smallest absolute Gasteiger partial charge is 0.321 e. The Balaban J connectivity index is 2.48. The van der Waals surface area contributed by atoms with Gasteiger partial charge in [-0.25, -0.2) is 0 Å². The molecule has 0 heterocycles. The highest BCUT2D eigenvalue weighted by atomic mass is 16.5. The van der Waals surface area contributed by atoms with Crippen molar-refractivity contribution in [3.8, 4) is 0 Å². The SMILES string of the molecule is CCOC(=O)C[C@H](NCc1ccccc1)C(=O)O. The molecule has 1 aromatic carbocycles. The number of aliphatic carboxylic acids is 1. The van der Waals surface area contributed by atoms with Gasteiger partial charge in [0.1, 0.15) is 6.04 Å². The maximum absolute atomic E-state index is 11.2. The minimum absolute atomic E-state index is 0.171. The first-order valence-electron chi connectivity index (χ1n) is 5.79. The van der Waals surface area contributed by atoms with Crippen LogP contribution in [0.4, 0.5) is 0 Å². The Labute approximate surface area is 106 Å². The van der Waals surface area contributed by atoms with Crippen LogP contribution in [0, 0.1) is 0 Å². The van der Waals surface area contributed by atoms with Gasteiger partial charge in [-0.3, -0.25) is 14.9 Å². The van der Waals surface area contributed by atoms with E-state index < -0.39 is 18.0 Å². The molecule has 0 saturated carbocycles. The second kappa shape index (κ2) is 7.45. The molecule has 0 bridgehead atoms. The van der Waals surface area contributed by atoms with Gasteiger partial charge in [0.2, 0.25) is 0 Å². The average Bonchev–Trinajstić information content (AvgIpc) is 2.35. The maximum Gasteiger partial charge on any atom is 0.321 e. The molecule has 0 saturated heterocycles. The van der Waals surface area contributed by atoms with Crippen molar-refractivity contribution in [3.63, 3.8) is 0 Å². The Hall–Kier alpha value is -1.88. The van der Waals surface area contributed by atoms with E-state index >= 15 is 0 Å². The van der Waals surface area contributed by atoms with Crippen LogP contribution in [0.2, 0.25) is 0 Å². The Morgan fingerprint density at radius 3 is 2.56 bits per heavy atom. The molecule has 0 unspecified atom stereocenters. The summed E-state index contributed by atoms with van der Waals surface area (Å²) in [7, 11) is 0. The molecule has 0 spiro atoms. The summed E-state index contributed by atoms with van der Waals surface area (Å²) in [5, 5.41) is 11.8. The number of carboxylic acid groups (broad SMARTS) is 1. The lowest BCUT2D eigenvalue weighted by Crippen LogP contribution is -2.38. The average molecular weight is 251 g/mol. The third-order valence-electron chi connectivity index (χ3n) is 2.37. The van der Waals surface area contributed by atoms with Crippen molar-refractivity contribution in [2.75, 3.05) is 6.61 Å². The lowest BCUT2D eigenvalue weighted by molar-refractivity contribution is -0.149. The molecular formula is C13H17NO4. The Morgan fingerprint density at radius 1 is 1.33 bits per heavy atom. The van der Waals surface area contributed by atoms with Crippen LogP contribution >= 0.6 is 0 Å². The molecule has 18 heavy (non-hydrogen) atoms. The van der Waals surface area contributed by atoms with Gasteiger partial charge in [-0.15, -0.1) is 0 Å². The van der Waals surface area contributed by atoms with Gasteiger partial charge in [-0.2, -0.15) is 0 Å². The molecule has 0 aromatic heterocycles. The van der Waals surface area contributed by atoms with E-state index in [2.05, 4.69) is 5.32 Å². The van der Waals surface area contributed by atoms with Gasteiger partial charge in [0.15, 0.2) is 0 Å². The maximum atomic E-state index is 11.2. The van der Waals surface area contributed by atoms with Crippen LogP contribution in [-0.2, 0) is 20.9 Å². The fraction of sp³-hybridized carbons (Fsp3) is 0.385. The van der Waals surface area contributed by atoms with Crippen LogP contribution in [-0.4, -0.2) is 29.7 Å². The fourth-order valence-corrected chi connectivity index (χ4v) is 1.47. The van der Waals surface area contributed by atoms with Crippen molar-refractivity contribution in [2.24, 2.45) is 0 Å². The number of nitrogens with one attached hydrogen (secondary N) is 1. The monoisotopic (exact) mass is 251 g/mol. The molecule has 5 heteroatoms. The van der Waals surface area contributed by atoms with Crippen molar-refractivity contribution >= 4 is 11.9 Å². The second-order valence-electron chi connectivity index (χ2n) is 3.77. The van der Waals surface area contributed by atoms with Crippen molar-refractivity contribution < 1.29 is 19.4 Å². The quantitative estimate of drug-likeness (QED) is 0.712. The minimum atomic E-state index is -1.06. The second-order valence-corrected chi connectivity index (χ2v) is 3.77. The standard InChI is InChI=1S/C13H17NO4/c1-2-18-12(15)8-11(13(16)17)14-9-10-6-4-3-5-7-10/h3-7,11,14H,2,8-9H2,1H3,(H,16,17)/t11-/m0/s1. The van der Waals surface area contributed by atoms with E-state index in [1.807, 2.05) is 30.3 Å². The zero-order valence-electron chi connectivity index (χ0n) is 10.3.